The van der Waals surface area contributed by atoms with Gasteiger partial charge in [-0.3, -0.25) is 14.5 Å². The summed E-state index contributed by atoms with van der Waals surface area (Å²) in [5, 5.41) is 37.5. The zero-order chi connectivity index (χ0) is 25.8. The van der Waals surface area contributed by atoms with E-state index in [1.54, 1.807) is 6.20 Å². The molecule has 0 spiro atoms. The zero-order valence-electron chi connectivity index (χ0n) is 18.1. The number of aromatic amines is 1. The van der Waals surface area contributed by atoms with Crippen LogP contribution in [0.15, 0.2) is 32.4 Å². The van der Waals surface area contributed by atoms with E-state index in [0.29, 0.717) is 27.9 Å². The van der Waals surface area contributed by atoms with Crippen LogP contribution in [0.3, 0.4) is 0 Å². The van der Waals surface area contributed by atoms with Crippen molar-refractivity contribution in [3.63, 3.8) is 0 Å². The van der Waals surface area contributed by atoms with Crippen molar-refractivity contribution in [2.24, 2.45) is 5.16 Å². The summed E-state index contributed by atoms with van der Waals surface area (Å²) in [6.07, 6.45) is 2.37. The van der Waals surface area contributed by atoms with E-state index in [2.05, 4.69) is 30.9 Å². The molecule has 2 amide bonds. The standard InChI is InChI=1S/C18H18N8O7S3/c19-18-21-7(5-34-18)12(24-33-4-11(27)28)15(29)22-13-8-1-2-9(14(17(31)32)26(8)16(13)30)35-6-36-10-3-20-25-23-10/h3,5,8,13H,1-2,4,6H2,(H2,19,21)(H,22,29)(H,27,28)(H,31,32)(H,20,23,25)/t8-,13-/m0/s1. The van der Waals surface area contributed by atoms with Gasteiger partial charge < -0.3 is 26.1 Å². The Kier molecular flexibility index (Phi) is 7.75. The predicted molar refractivity (Wildman–Crippen MR) is 128 cm³/mol. The number of fused-ring (bicyclic) bond motifs is 1. The third-order valence-corrected chi connectivity index (χ3v) is 7.89. The van der Waals surface area contributed by atoms with E-state index in [0.717, 1.165) is 11.3 Å². The van der Waals surface area contributed by atoms with Gasteiger partial charge in [-0.1, -0.05) is 16.9 Å². The second-order valence-electron chi connectivity index (χ2n) is 7.24. The highest BCUT2D eigenvalue weighted by Gasteiger charge is 2.53. The van der Waals surface area contributed by atoms with Gasteiger partial charge >= 0.3 is 11.9 Å². The minimum Gasteiger partial charge on any atom is -0.479 e. The predicted octanol–water partition coefficient (Wildman–Crippen LogP) is -0.0827. The lowest BCUT2D eigenvalue weighted by atomic mass is 9.86. The van der Waals surface area contributed by atoms with Crippen molar-refractivity contribution >= 4 is 69.5 Å². The number of nitrogens with one attached hydrogen (secondary N) is 2. The quantitative estimate of drug-likeness (QED) is 0.0806. The second kappa shape index (κ2) is 11.0. The molecule has 0 aliphatic carbocycles. The number of carbonyl (C=O) groups is 4. The molecule has 2 aliphatic heterocycles. The number of carboxylic acids is 2. The van der Waals surface area contributed by atoms with Crippen LogP contribution in [0.25, 0.3) is 0 Å². The number of nitrogen functional groups attached to an aromatic ring is 1. The molecule has 4 heterocycles. The Bertz CT molecular complexity index is 1250. The number of anilines is 1. The summed E-state index contributed by atoms with van der Waals surface area (Å²) in [7, 11) is 0. The van der Waals surface area contributed by atoms with Crippen LogP contribution in [0.4, 0.5) is 5.13 Å². The molecule has 2 aromatic rings. The Labute approximate surface area is 214 Å². The summed E-state index contributed by atoms with van der Waals surface area (Å²) in [4.78, 5) is 58.9. The van der Waals surface area contributed by atoms with Crippen molar-refractivity contribution in [3.05, 3.63) is 27.9 Å². The summed E-state index contributed by atoms with van der Waals surface area (Å²) in [6.45, 7) is -0.794. The number of carboxylic acid groups (broad SMARTS) is 2. The van der Waals surface area contributed by atoms with Gasteiger partial charge in [0.05, 0.1) is 17.3 Å². The van der Waals surface area contributed by atoms with Gasteiger partial charge in [0.25, 0.3) is 11.8 Å². The lowest BCUT2D eigenvalue weighted by Crippen LogP contribution is -2.72. The van der Waals surface area contributed by atoms with E-state index in [1.165, 1.54) is 33.8 Å². The Balaban J connectivity index is 1.46. The summed E-state index contributed by atoms with van der Waals surface area (Å²) < 4.78 is 0. The van der Waals surface area contributed by atoms with Crippen LogP contribution in [-0.4, -0.2) is 88.7 Å². The average Bonchev–Trinajstić information content (AvgIpc) is 3.51. The number of H-pyrrole nitrogens is 1. The highest BCUT2D eigenvalue weighted by Crippen LogP contribution is 2.42. The lowest BCUT2D eigenvalue weighted by Gasteiger charge is -2.50. The maximum Gasteiger partial charge on any atom is 0.353 e. The van der Waals surface area contributed by atoms with Gasteiger partial charge in [0.1, 0.15) is 22.5 Å². The van der Waals surface area contributed by atoms with Gasteiger partial charge in [-0.15, -0.1) is 28.2 Å². The molecule has 4 rings (SSSR count). The van der Waals surface area contributed by atoms with Crippen LogP contribution in [0.1, 0.15) is 18.5 Å². The third kappa shape index (κ3) is 5.44. The van der Waals surface area contributed by atoms with Crippen LogP contribution in [-0.2, 0) is 24.0 Å². The SMILES string of the molecule is Nc1nc(C(=NOCC(=O)O)C(=O)N[C@@H]2C(=O)N3C(C(=O)O)=C(SCSc4cn[nH]n4)CC[C@@H]23)cs1. The van der Waals surface area contributed by atoms with E-state index < -0.39 is 42.4 Å². The summed E-state index contributed by atoms with van der Waals surface area (Å²) in [5.74, 6) is -3.97. The molecule has 15 nitrogen and oxygen atoms in total. The van der Waals surface area contributed by atoms with E-state index in [1.807, 2.05) is 0 Å². The first-order valence-corrected chi connectivity index (χ1v) is 13.0. The number of β-lactam (4-membered cyclic amide) rings is 1. The average molecular weight is 555 g/mol. The van der Waals surface area contributed by atoms with Crippen LogP contribution in [0.5, 0.6) is 0 Å². The van der Waals surface area contributed by atoms with Crippen LogP contribution in [0.2, 0.25) is 0 Å². The molecule has 1 fully saturated rings. The topological polar surface area (TPSA) is 226 Å². The first-order valence-electron chi connectivity index (χ1n) is 10.1. The Hall–Kier alpha value is -3.64. The third-order valence-electron chi connectivity index (χ3n) is 5.04. The highest BCUT2D eigenvalue weighted by atomic mass is 32.2. The largest absolute Gasteiger partial charge is 0.479 e. The molecular weight excluding hydrogens is 536 g/mol. The minimum absolute atomic E-state index is 0.0436. The number of allylic oxidation sites excluding steroid dienone is 1. The van der Waals surface area contributed by atoms with Gasteiger partial charge in [-0.05, 0) is 12.8 Å². The van der Waals surface area contributed by atoms with Crippen molar-refractivity contribution in [2.45, 2.75) is 30.0 Å². The maximum atomic E-state index is 12.9. The number of rotatable bonds is 11. The van der Waals surface area contributed by atoms with Crippen molar-refractivity contribution in [1.82, 2.24) is 30.6 Å². The molecule has 2 aliphatic rings. The molecule has 36 heavy (non-hydrogen) atoms. The molecule has 0 saturated carbocycles. The van der Waals surface area contributed by atoms with Gasteiger partial charge in [0, 0.05) is 10.3 Å². The number of oxime groups is 1. The second-order valence-corrected chi connectivity index (χ2v) is 10.6. The van der Waals surface area contributed by atoms with Gasteiger partial charge in [0.2, 0.25) is 6.61 Å². The summed E-state index contributed by atoms with van der Waals surface area (Å²) in [5.41, 5.74) is 5.18. The molecule has 0 radical (unpaired) electrons. The molecule has 6 N–H and O–H groups in total. The normalized spacial score (nSPS) is 19.5. The Morgan fingerprint density at radius 3 is 2.81 bits per heavy atom. The molecule has 0 unspecified atom stereocenters. The zero-order valence-corrected chi connectivity index (χ0v) is 20.6. The van der Waals surface area contributed by atoms with Crippen LogP contribution >= 0.6 is 34.9 Å². The van der Waals surface area contributed by atoms with Gasteiger partial charge in [-0.25, -0.2) is 14.6 Å². The number of aromatic nitrogens is 4. The number of thioether (sulfide) groups is 2. The summed E-state index contributed by atoms with van der Waals surface area (Å²) >= 11 is 3.70. The number of hydrogen-bond acceptors (Lipinski definition) is 13. The van der Waals surface area contributed by atoms with Crippen LogP contribution < -0.4 is 11.1 Å². The smallest absolute Gasteiger partial charge is 0.353 e. The molecule has 2 atom stereocenters. The fraction of sp³-hybridized carbons (Fsp3) is 0.333. The Morgan fingerprint density at radius 2 is 2.17 bits per heavy atom. The number of hydrogen-bond donors (Lipinski definition) is 5. The monoisotopic (exact) mass is 554 g/mol. The van der Waals surface area contributed by atoms with Crippen LogP contribution in [0, 0.1) is 0 Å². The number of carbonyl (C=O) groups excluding carboxylic acids is 2. The minimum atomic E-state index is -1.30. The van der Waals surface area contributed by atoms with Crippen molar-refractivity contribution in [3.8, 4) is 0 Å². The molecule has 0 aromatic carbocycles. The Morgan fingerprint density at radius 1 is 1.36 bits per heavy atom. The number of amides is 2. The van der Waals surface area contributed by atoms with Crippen molar-refractivity contribution in [1.29, 1.82) is 0 Å². The molecular formula is C18H18N8O7S3. The first kappa shape index (κ1) is 25.5. The fourth-order valence-electron chi connectivity index (χ4n) is 3.55. The number of nitrogens with zero attached hydrogens (tertiary/aromatic N) is 5. The molecule has 1 saturated heterocycles. The van der Waals surface area contributed by atoms with E-state index in [-0.39, 0.29) is 22.2 Å². The molecule has 0 bridgehead atoms. The van der Waals surface area contributed by atoms with E-state index >= 15 is 0 Å². The van der Waals surface area contributed by atoms with Crippen molar-refractivity contribution in [2.75, 3.05) is 17.4 Å². The molecule has 2 aromatic heterocycles. The van der Waals surface area contributed by atoms with Gasteiger partial charge in [0.15, 0.2) is 10.8 Å². The highest BCUT2D eigenvalue weighted by molar-refractivity contribution is 8.17. The number of aliphatic carboxylic acids is 2. The number of nitrogens with two attached hydrogens (primary N) is 1. The van der Waals surface area contributed by atoms with E-state index in [9.17, 15) is 24.3 Å². The van der Waals surface area contributed by atoms with E-state index in [4.69, 9.17) is 15.7 Å². The fourth-order valence-corrected chi connectivity index (χ4v) is 6.21. The molecule has 18 heteroatoms. The number of thiazole rings is 1. The lowest BCUT2D eigenvalue weighted by molar-refractivity contribution is -0.155. The van der Waals surface area contributed by atoms with Gasteiger partial charge in [-0.2, -0.15) is 10.3 Å². The maximum absolute atomic E-state index is 12.9. The molecule has 190 valence electrons. The van der Waals surface area contributed by atoms with Crippen molar-refractivity contribution < 1.29 is 34.2 Å². The summed E-state index contributed by atoms with van der Waals surface area (Å²) in [6, 6.07) is -1.56. The first-order chi connectivity index (χ1) is 17.3.